The van der Waals surface area contributed by atoms with E-state index in [1.54, 1.807) is 24.5 Å². The molecule has 2 aromatic heterocycles. The molecule has 0 radical (unpaired) electrons. The Morgan fingerprint density at radius 1 is 0.939 bits per heavy atom. The van der Waals surface area contributed by atoms with Crippen LogP contribution in [0.4, 0.5) is 22.9 Å². The highest BCUT2D eigenvalue weighted by Crippen LogP contribution is 2.25. The van der Waals surface area contributed by atoms with Crippen LogP contribution in [0.15, 0.2) is 54.9 Å². The number of rotatable bonds is 7. The molecule has 1 aliphatic carbocycles. The molecule has 2 N–H and O–H groups in total. The summed E-state index contributed by atoms with van der Waals surface area (Å²) in [5.41, 5.74) is 3.15. The summed E-state index contributed by atoms with van der Waals surface area (Å²) in [6.45, 7) is 2.12. The van der Waals surface area contributed by atoms with E-state index in [2.05, 4.69) is 30.7 Å². The highest BCUT2D eigenvalue weighted by Gasteiger charge is 2.17. The van der Waals surface area contributed by atoms with Crippen LogP contribution < -0.4 is 20.3 Å². The lowest BCUT2D eigenvalue weighted by molar-refractivity contribution is 0.102. The fraction of sp³-hybridized carbons (Fsp3) is 0.360. The van der Waals surface area contributed by atoms with Gasteiger partial charge in [0.2, 0.25) is 5.88 Å². The van der Waals surface area contributed by atoms with Crippen molar-refractivity contribution >= 4 is 28.8 Å². The molecule has 8 nitrogen and oxygen atoms in total. The number of anilines is 4. The van der Waals surface area contributed by atoms with E-state index in [4.69, 9.17) is 4.74 Å². The van der Waals surface area contributed by atoms with Crippen LogP contribution in [0.2, 0.25) is 0 Å². The molecular formula is C25H28N6O2. The maximum absolute atomic E-state index is 12.6. The van der Waals surface area contributed by atoms with Crippen LogP contribution in [0.5, 0.6) is 5.88 Å². The standard InChI is InChI=1S/C25H28N6O2/c32-25(18-7-12-24(26-16-18)33-22-5-1-2-6-22)29-20-10-8-19(9-11-20)28-23-15-21(17-27-30-23)31-13-3-4-14-31/h7-12,15-17,22H,1-6,13-14H2,(H,28,30)(H,29,32). The number of hydrogen-bond acceptors (Lipinski definition) is 7. The van der Waals surface area contributed by atoms with Gasteiger partial charge in [0, 0.05) is 42.8 Å². The summed E-state index contributed by atoms with van der Waals surface area (Å²) in [5, 5.41) is 14.5. The van der Waals surface area contributed by atoms with Crippen LogP contribution in [0, 0.1) is 0 Å². The van der Waals surface area contributed by atoms with Crippen molar-refractivity contribution in [3.05, 3.63) is 60.4 Å². The number of pyridine rings is 1. The van der Waals surface area contributed by atoms with Gasteiger partial charge in [-0.2, -0.15) is 5.10 Å². The van der Waals surface area contributed by atoms with Crippen molar-refractivity contribution in [3.8, 4) is 5.88 Å². The molecule has 1 amide bonds. The summed E-state index contributed by atoms with van der Waals surface area (Å²) in [4.78, 5) is 19.2. The molecule has 1 aliphatic heterocycles. The van der Waals surface area contributed by atoms with Gasteiger partial charge in [0.1, 0.15) is 6.10 Å². The molecule has 2 fully saturated rings. The van der Waals surface area contributed by atoms with Gasteiger partial charge < -0.3 is 20.3 Å². The molecule has 3 aromatic rings. The highest BCUT2D eigenvalue weighted by atomic mass is 16.5. The Morgan fingerprint density at radius 2 is 1.70 bits per heavy atom. The second-order valence-corrected chi connectivity index (χ2v) is 8.56. The topological polar surface area (TPSA) is 92.3 Å². The molecule has 1 saturated heterocycles. The van der Waals surface area contributed by atoms with Crippen molar-refractivity contribution in [3.63, 3.8) is 0 Å². The van der Waals surface area contributed by atoms with E-state index in [0.29, 0.717) is 22.9 Å². The lowest BCUT2D eigenvalue weighted by Gasteiger charge is -2.17. The van der Waals surface area contributed by atoms with Gasteiger partial charge in [-0.15, -0.1) is 5.10 Å². The van der Waals surface area contributed by atoms with Crippen LogP contribution in [-0.2, 0) is 0 Å². The largest absolute Gasteiger partial charge is 0.474 e. The van der Waals surface area contributed by atoms with Crippen molar-refractivity contribution in [2.75, 3.05) is 28.6 Å². The Kier molecular flexibility index (Phi) is 6.32. The lowest BCUT2D eigenvalue weighted by Crippen LogP contribution is -2.18. The molecule has 1 saturated carbocycles. The first-order chi connectivity index (χ1) is 16.2. The van der Waals surface area contributed by atoms with E-state index in [0.717, 1.165) is 37.3 Å². The number of nitrogens with zero attached hydrogens (tertiary/aromatic N) is 4. The minimum Gasteiger partial charge on any atom is -0.474 e. The Labute approximate surface area is 193 Å². The molecule has 1 aromatic carbocycles. The molecule has 33 heavy (non-hydrogen) atoms. The van der Waals surface area contributed by atoms with E-state index < -0.39 is 0 Å². The SMILES string of the molecule is O=C(Nc1ccc(Nc2cc(N3CCCC3)cnn2)cc1)c1ccc(OC2CCCC2)nc1. The third-order valence-electron chi connectivity index (χ3n) is 6.11. The van der Waals surface area contributed by atoms with E-state index in [9.17, 15) is 4.79 Å². The van der Waals surface area contributed by atoms with Crippen LogP contribution in [-0.4, -0.2) is 40.3 Å². The van der Waals surface area contributed by atoms with E-state index in [1.807, 2.05) is 30.3 Å². The first kappa shape index (κ1) is 21.2. The molecule has 170 valence electrons. The average Bonchev–Trinajstić information content (AvgIpc) is 3.56. The summed E-state index contributed by atoms with van der Waals surface area (Å²) in [6.07, 6.45) is 10.6. The third-order valence-corrected chi connectivity index (χ3v) is 6.11. The molecule has 0 unspecified atom stereocenters. The molecule has 8 heteroatoms. The Morgan fingerprint density at radius 3 is 2.42 bits per heavy atom. The highest BCUT2D eigenvalue weighted by molar-refractivity contribution is 6.04. The minimum atomic E-state index is -0.209. The van der Waals surface area contributed by atoms with E-state index in [1.165, 1.54) is 25.7 Å². The Balaban J connectivity index is 1.17. The van der Waals surface area contributed by atoms with Crippen molar-refractivity contribution in [2.45, 2.75) is 44.6 Å². The molecule has 3 heterocycles. The first-order valence-electron chi connectivity index (χ1n) is 11.6. The minimum absolute atomic E-state index is 0.209. The quantitative estimate of drug-likeness (QED) is 0.541. The normalized spacial score (nSPS) is 16.1. The zero-order valence-corrected chi connectivity index (χ0v) is 18.5. The molecule has 2 aliphatic rings. The monoisotopic (exact) mass is 444 g/mol. The van der Waals surface area contributed by atoms with Gasteiger partial charge in [-0.25, -0.2) is 4.98 Å². The van der Waals surface area contributed by atoms with Crippen LogP contribution in [0.25, 0.3) is 0 Å². The third kappa shape index (κ3) is 5.39. The zero-order chi connectivity index (χ0) is 22.5. The molecule has 0 bridgehead atoms. The number of aromatic nitrogens is 3. The molecule has 5 rings (SSSR count). The second-order valence-electron chi connectivity index (χ2n) is 8.56. The number of carbonyl (C=O) groups is 1. The second kappa shape index (κ2) is 9.85. The smallest absolute Gasteiger partial charge is 0.257 e. The summed E-state index contributed by atoms with van der Waals surface area (Å²) < 4.78 is 5.86. The summed E-state index contributed by atoms with van der Waals surface area (Å²) in [7, 11) is 0. The fourth-order valence-electron chi connectivity index (χ4n) is 4.32. The lowest BCUT2D eigenvalue weighted by atomic mass is 10.2. The summed E-state index contributed by atoms with van der Waals surface area (Å²) in [5.74, 6) is 1.06. The van der Waals surface area contributed by atoms with Gasteiger partial charge in [0.05, 0.1) is 17.4 Å². The number of nitrogens with one attached hydrogen (secondary N) is 2. The van der Waals surface area contributed by atoms with Gasteiger partial charge in [-0.1, -0.05) is 0 Å². The van der Waals surface area contributed by atoms with Gasteiger partial charge in [-0.3, -0.25) is 4.79 Å². The van der Waals surface area contributed by atoms with Crippen molar-refractivity contribution in [2.24, 2.45) is 0 Å². The van der Waals surface area contributed by atoms with Crippen LogP contribution in [0.1, 0.15) is 48.9 Å². The van der Waals surface area contributed by atoms with Crippen molar-refractivity contribution < 1.29 is 9.53 Å². The van der Waals surface area contributed by atoms with E-state index in [-0.39, 0.29) is 12.0 Å². The molecular weight excluding hydrogens is 416 g/mol. The number of carbonyl (C=O) groups excluding carboxylic acids is 1. The van der Waals surface area contributed by atoms with E-state index >= 15 is 0 Å². The Hall–Kier alpha value is -3.68. The molecule has 0 atom stereocenters. The van der Waals surface area contributed by atoms with Gasteiger partial charge in [0.15, 0.2) is 5.82 Å². The maximum Gasteiger partial charge on any atom is 0.257 e. The molecule has 0 spiro atoms. The van der Waals surface area contributed by atoms with Crippen molar-refractivity contribution in [1.82, 2.24) is 15.2 Å². The predicted octanol–water partition coefficient (Wildman–Crippen LogP) is 4.79. The summed E-state index contributed by atoms with van der Waals surface area (Å²) >= 11 is 0. The van der Waals surface area contributed by atoms with Gasteiger partial charge in [0.25, 0.3) is 5.91 Å². The average molecular weight is 445 g/mol. The van der Waals surface area contributed by atoms with Gasteiger partial charge >= 0.3 is 0 Å². The maximum atomic E-state index is 12.6. The number of ether oxygens (including phenoxy) is 1. The zero-order valence-electron chi connectivity index (χ0n) is 18.5. The summed E-state index contributed by atoms with van der Waals surface area (Å²) in [6, 6.07) is 13.0. The van der Waals surface area contributed by atoms with Crippen molar-refractivity contribution in [1.29, 1.82) is 0 Å². The predicted molar refractivity (Wildman–Crippen MR) is 128 cm³/mol. The fourth-order valence-corrected chi connectivity index (χ4v) is 4.32. The number of benzene rings is 1. The van der Waals surface area contributed by atoms with Crippen LogP contribution in [0.3, 0.4) is 0 Å². The van der Waals surface area contributed by atoms with Crippen LogP contribution >= 0.6 is 0 Å². The number of amides is 1. The number of hydrogen-bond donors (Lipinski definition) is 2. The Bertz CT molecular complexity index is 1070. The first-order valence-corrected chi connectivity index (χ1v) is 11.6. The van der Waals surface area contributed by atoms with Gasteiger partial charge in [-0.05, 0) is 68.9 Å².